The fourth-order valence-corrected chi connectivity index (χ4v) is 2.08. The molecule has 1 atom stereocenters. The Balaban J connectivity index is 2.29. The summed E-state index contributed by atoms with van der Waals surface area (Å²) in [5, 5.41) is 11.3. The summed E-state index contributed by atoms with van der Waals surface area (Å²) in [5.41, 5.74) is 0. The van der Waals surface area contributed by atoms with Gasteiger partial charge in [0, 0.05) is 25.7 Å². The first-order chi connectivity index (χ1) is 8.52. The number of piperidine rings is 1. The number of carbonyl (C=O) groups excluding carboxylic acids is 1. The van der Waals surface area contributed by atoms with Crippen LogP contribution in [0.15, 0.2) is 0 Å². The minimum atomic E-state index is -0.905. The summed E-state index contributed by atoms with van der Waals surface area (Å²) in [6.07, 6.45) is 1.88. The minimum Gasteiger partial charge on any atom is -0.481 e. The average Bonchev–Trinajstić information content (AvgIpc) is 2.29. The van der Waals surface area contributed by atoms with Gasteiger partial charge in [0.25, 0.3) is 0 Å². The largest absolute Gasteiger partial charge is 0.481 e. The van der Waals surface area contributed by atoms with Crippen molar-refractivity contribution in [1.29, 1.82) is 0 Å². The van der Waals surface area contributed by atoms with E-state index in [4.69, 9.17) is 9.84 Å². The molecular formula is C12H22N2O4. The molecule has 1 fully saturated rings. The van der Waals surface area contributed by atoms with E-state index in [9.17, 15) is 9.59 Å². The number of carbonyl (C=O) groups is 2. The number of urea groups is 1. The van der Waals surface area contributed by atoms with Crippen LogP contribution in [-0.2, 0) is 9.53 Å². The first kappa shape index (κ1) is 14.8. The van der Waals surface area contributed by atoms with Gasteiger partial charge in [-0.05, 0) is 26.7 Å². The van der Waals surface area contributed by atoms with E-state index in [-0.39, 0.29) is 24.6 Å². The summed E-state index contributed by atoms with van der Waals surface area (Å²) in [6, 6.07) is -0.529. The van der Waals surface area contributed by atoms with Crippen LogP contribution in [0.3, 0.4) is 0 Å². The van der Waals surface area contributed by atoms with Gasteiger partial charge in [0.1, 0.15) is 0 Å². The van der Waals surface area contributed by atoms with Crippen molar-refractivity contribution in [3.63, 3.8) is 0 Å². The van der Waals surface area contributed by atoms with Crippen LogP contribution in [0.1, 0.15) is 33.1 Å². The Kier molecular flexibility index (Phi) is 5.91. The highest BCUT2D eigenvalue weighted by Crippen LogP contribution is 2.13. The first-order valence-electron chi connectivity index (χ1n) is 6.41. The zero-order valence-electron chi connectivity index (χ0n) is 11.0. The molecule has 104 valence electrons. The molecule has 0 bridgehead atoms. The number of likely N-dealkylation sites (tertiary alicyclic amines) is 1. The summed E-state index contributed by atoms with van der Waals surface area (Å²) >= 11 is 0. The van der Waals surface area contributed by atoms with Crippen LogP contribution in [0.2, 0.25) is 0 Å². The SMILES string of the molecule is CCOC1CCN(C(=O)NC(C)CC(=O)O)CC1. The maximum Gasteiger partial charge on any atom is 0.317 e. The fraction of sp³-hybridized carbons (Fsp3) is 0.833. The van der Waals surface area contributed by atoms with Crippen molar-refractivity contribution >= 4 is 12.0 Å². The molecule has 6 heteroatoms. The molecule has 0 spiro atoms. The van der Waals surface area contributed by atoms with Gasteiger partial charge in [-0.2, -0.15) is 0 Å². The lowest BCUT2D eigenvalue weighted by Gasteiger charge is -2.32. The van der Waals surface area contributed by atoms with Crippen LogP contribution < -0.4 is 5.32 Å². The van der Waals surface area contributed by atoms with Crippen LogP contribution in [0.4, 0.5) is 4.79 Å². The molecule has 0 aliphatic carbocycles. The van der Waals surface area contributed by atoms with E-state index in [1.165, 1.54) is 0 Å². The van der Waals surface area contributed by atoms with Gasteiger partial charge in [-0.15, -0.1) is 0 Å². The van der Waals surface area contributed by atoms with Crippen LogP contribution in [0.25, 0.3) is 0 Å². The number of ether oxygens (including phenoxy) is 1. The molecular weight excluding hydrogens is 236 g/mol. The van der Waals surface area contributed by atoms with Crippen molar-refractivity contribution in [2.75, 3.05) is 19.7 Å². The molecule has 1 saturated heterocycles. The van der Waals surface area contributed by atoms with E-state index >= 15 is 0 Å². The second kappa shape index (κ2) is 7.20. The Morgan fingerprint density at radius 3 is 2.56 bits per heavy atom. The molecule has 0 aromatic rings. The molecule has 2 N–H and O–H groups in total. The van der Waals surface area contributed by atoms with E-state index in [2.05, 4.69) is 5.32 Å². The van der Waals surface area contributed by atoms with Crippen LogP contribution >= 0.6 is 0 Å². The highest BCUT2D eigenvalue weighted by molar-refractivity contribution is 5.75. The second-order valence-electron chi connectivity index (χ2n) is 4.59. The molecule has 1 rings (SSSR count). The number of rotatable bonds is 5. The maximum absolute atomic E-state index is 11.8. The van der Waals surface area contributed by atoms with Crippen molar-refractivity contribution < 1.29 is 19.4 Å². The maximum atomic E-state index is 11.8. The van der Waals surface area contributed by atoms with Gasteiger partial charge in [-0.25, -0.2) is 4.79 Å². The average molecular weight is 258 g/mol. The number of amides is 2. The molecule has 0 saturated carbocycles. The van der Waals surface area contributed by atoms with Crippen LogP contribution in [0.5, 0.6) is 0 Å². The lowest BCUT2D eigenvalue weighted by molar-refractivity contribution is -0.137. The fourth-order valence-electron chi connectivity index (χ4n) is 2.08. The van der Waals surface area contributed by atoms with Gasteiger partial charge in [0.15, 0.2) is 0 Å². The van der Waals surface area contributed by atoms with E-state index < -0.39 is 5.97 Å². The normalized spacial score (nSPS) is 18.4. The Hall–Kier alpha value is -1.30. The third kappa shape index (κ3) is 4.91. The molecule has 0 aromatic heterocycles. The highest BCUT2D eigenvalue weighted by Gasteiger charge is 2.23. The lowest BCUT2D eigenvalue weighted by atomic mass is 10.1. The van der Waals surface area contributed by atoms with E-state index in [1.54, 1.807) is 11.8 Å². The molecule has 2 amide bonds. The number of aliphatic carboxylic acids is 1. The van der Waals surface area contributed by atoms with Gasteiger partial charge >= 0.3 is 12.0 Å². The summed E-state index contributed by atoms with van der Waals surface area (Å²) in [7, 11) is 0. The van der Waals surface area contributed by atoms with E-state index in [0.29, 0.717) is 19.7 Å². The molecule has 1 aliphatic rings. The van der Waals surface area contributed by atoms with Gasteiger partial charge in [-0.1, -0.05) is 0 Å². The molecule has 1 unspecified atom stereocenters. The topological polar surface area (TPSA) is 78.9 Å². The van der Waals surface area contributed by atoms with E-state index in [1.807, 2.05) is 6.92 Å². The van der Waals surface area contributed by atoms with Crippen molar-refractivity contribution in [2.45, 2.75) is 45.3 Å². The van der Waals surface area contributed by atoms with Gasteiger partial charge in [0.05, 0.1) is 12.5 Å². The van der Waals surface area contributed by atoms with Crippen molar-refractivity contribution in [3.8, 4) is 0 Å². The quantitative estimate of drug-likeness (QED) is 0.773. The summed E-state index contributed by atoms with van der Waals surface area (Å²) in [6.45, 7) is 5.69. The predicted molar refractivity (Wildman–Crippen MR) is 66.5 cm³/mol. The first-order valence-corrected chi connectivity index (χ1v) is 6.41. The predicted octanol–water partition coefficient (Wildman–Crippen LogP) is 1.06. The Bertz CT molecular complexity index is 288. The Morgan fingerprint density at radius 1 is 1.44 bits per heavy atom. The highest BCUT2D eigenvalue weighted by atomic mass is 16.5. The number of carboxylic acids is 1. The van der Waals surface area contributed by atoms with Crippen molar-refractivity contribution in [1.82, 2.24) is 10.2 Å². The third-order valence-corrected chi connectivity index (χ3v) is 2.98. The summed E-state index contributed by atoms with van der Waals surface area (Å²) in [4.78, 5) is 24.1. The minimum absolute atomic E-state index is 0.0544. The zero-order chi connectivity index (χ0) is 13.5. The van der Waals surface area contributed by atoms with Crippen LogP contribution in [-0.4, -0.2) is 53.8 Å². The van der Waals surface area contributed by atoms with Crippen molar-refractivity contribution in [2.24, 2.45) is 0 Å². The molecule has 1 heterocycles. The van der Waals surface area contributed by atoms with Crippen molar-refractivity contribution in [3.05, 3.63) is 0 Å². The number of hydrogen-bond acceptors (Lipinski definition) is 3. The van der Waals surface area contributed by atoms with Gasteiger partial charge in [0.2, 0.25) is 0 Å². The van der Waals surface area contributed by atoms with Gasteiger partial charge < -0.3 is 20.1 Å². The number of nitrogens with one attached hydrogen (secondary N) is 1. The Morgan fingerprint density at radius 2 is 2.06 bits per heavy atom. The summed E-state index contributed by atoms with van der Waals surface area (Å²) in [5.74, 6) is -0.905. The number of hydrogen-bond donors (Lipinski definition) is 2. The second-order valence-corrected chi connectivity index (χ2v) is 4.59. The Labute approximate surface area is 107 Å². The monoisotopic (exact) mass is 258 g/mol. The molecule has 1 aliphatic heterocycles. The standard InChI is InChI=1S/C12H22N2O4/c1-3-18-10-4-6-14(7-5-10)12(17)13-9(2)8-11(15)16/h9-10H,3-8H2,1-2H3,(H,13,17)(H,15,16). The third-order valence-electron chi connectivity index (χ3n) is 2.98. The molecule has 0 radical (unpaired) electrons. The molecule has 0 aromatic carbocycles. The lowest BCUT2D eigenvalue weighted by Crippen LogP contribution is -2.48. The number of nitrogens with zero attached hydrogens (tertiary/aromatic N) is 1. The van der Waals surface area contributed by atoms with Crippen LogP contribution in [0, 0.1) is 0 Å². The zero-order valence-corrected chi connectivity index (χ0v) is 11.0. The smallest absolute Gasteiger partial charge is 0.317 e. The summed E-state index contributed by atoms with van der Waals surface area (Å²) < 4.78 is 5.51. The molecule has 6 nitrogen and oxygen atoms in total. The van der Waals surface area contributed by atoms with E-state index in [0.717, 1.165) is 12.8 Å². The number of carboxylic acid groups (broad SMARTS) is 1. The molecule has 18 heavy (non-hydrogen) atoms. The van der Waals surface area contributed by atoms with Gasteiger partial charge in [-0.3, -0.25) is 4.79 Å².